The summed E-state index contributed by atoms with van der Waals surface area (Å²) in [4.78, 5) is 39.0. The Kier molecular flexibility index (Phi) is 11.0. The second-order valence-corrected chi connectivity index (χ2v) is 15.3. The second-order valence-electron chi connectivity index (χ2n) is 11.7. The summed E-state index contributed by atoms with van der Waals surface area (Å²) in [5, 5.41) is 2.80. The summed E-state index contributed by atoms with van der Waals surface area (Å²) in [6, 6.07) is 17.3. The van der Waals surface area contributed by atoms with Gasteiger partial charge in [-0.1, -0.05) is 47.5 Å². The zero-order valence-corrected chi connectivity index (χ0v) is 30.9. The molecule has 0 bridgehead atoms. The number of furan rings is 1. The smallest absolute Gasteiger partial charge is 0.274 e. The minimum Gasteiger partial charge on any atom is -0.461 e. The molecule has 1 saturated heterocycles. The van der Waals surface area contributed by atoms with E-state index in [0.717, 1.165) is 43.7 Å². The van der Waals surface area contributed by atoms with Gasteiger partial charge in [-0.2, -0.15) is 0 Å². The molecule has 0 saturated carbocycles. The summed E-state index contributed by atoms with van der Waals surface area (Å²) in [7, 11) is 2.04. The number of aryl methyl sites for hydroxylation is 2. The number of aromatic nitrogens is 2. The van der Waals surface area contributed by atoms with E-state index in [2.05, 4.69) is 14.9 Å². The lowest BCUT2D eigenvalue weighted by atomic mass is 10.0. The van der Waals surface area contributed by atoms with Crippen molar-refractivity contribution < 1.29 is 22.8 Å². The van der Waals surface area contributed by atoms with Crippen molar-refractivity contribution >= 4 is 79.6 Å². The minimum absolute atomic E-state index is 0.107. The first kappa shape index (κ1) is 36.1. The number of carbonyl (C=O) groups is 2. The fourth-order valence-corrected chi connectivity index (χ4v) is 8.32. The van der Waals surface area contributed by atoms with E-state index < -0.39 is 5.24 Å². The second kappa shape index (κ2) is 15.3. The highest BCUT2D eigenvalue weighted by molar-refractivity contribution is 7.16. The monoisotopic (exact) mass is 772 g/mol. The number of likely N-dealkylation sites (N-methyl/N-ethyl adjacent to an activating group) is 1. The summed E-state index contributed by atoms with van der Waals surface area (Å²) in [5.41, 5.74) is 2.79. The predicted octanol–water partition coefficient (Wildman–Crippen LogP) is 9.95. The number of benzene rings is 3. The van der Waals surface area contributed by atoms with Gasteiger partial charge in [-0.05, 0) is 80.0 Å². The molecule has 7 rings (SSSR count). The van der Waals surface area contributed by atoms with E-state index >= 15 is 0 Å². The Bertz CT molecular complexity index is 2190. The Hall–Kier alpha value is -3.71. The zero-order chi connectivity index (χ0) is 35.7. The topological polar surface area (TPSA) is 79.5 Å². The number of hydrogen-bond acceptors (Lipinski definition) is 8. The van der Waals surface area contributed by atoms with Crippen LogP contribution >= 0.6 is 57.5 Å². The third-order valence-electron chi connectivity index (χ3n) is 8.06. The molecule has 0 aliphatic carbocycles. The molecule has 1 aliphatic heterocycles. The third-order valence-corrected chi connectivity index (χ3v) is 10.8. The van der Waals surface area contributed by atoms with Crippen LogP contribution < -0.4 is 0 Å². The predicted molar refractivity (Wildman–Crippen MR) is 197 cm³/mol. The van der Waals surface area contributed by atoms with Crippen LogP contribution in [-0.4, -0.2) is 63.6 Å². The number of hydrogen-bond donors (Lipinski definition) is 0. The summed E-state index contributed by atoms with van der Waals surface area (Å²) in [5.74, 6) is -0.0163. The van der Waals surface area contributed by atoms with E-state index in [-0.39, 0.29) is 29.3 Å². The third kappa shape index (κ3) is 8.09. The average Bonchev–Trinajstić information content (AvgIpc) is 3.78. The van der Waals surface area contributed by atoms with Crippen LogP contribution in [0.3, 0.4) is 0 Å². The molecule has 1 unspecified atom stereocenters. The Morgan fingerprint density at radius 2 is 1.42 bits per heavy atom. The van der Waals surface area contributed by atoms with Crippen LogP contribution in [0, 0.1) is 25.5 Å². The van der Waals surface area contributed by atoms with Crippen LogP contribution in [0.5, 0.6) is 0 Å². The Labute approximate surface area is 310 Å². The van der Waals surface area contributed by atoms with Gasteiger partial charge >= 0.3 is 0 Å². The van der Waals surface area contributed by atoms with Crippen molar-refractivity contribution in [3.05, 3.63) is 116 Å². The molecule has 0 radical (unpaired) electrons. The van der Waals surface area contributed by atoms with Gasteiger partial charge in [0.2, 0.25) is 0 Å². The Morgan fingerprint density at radius 1 is 0.860 bits per heavy atom. The number of fused-ring (bicyclic) bond motifs is 1. The minimum atomic E-state index is -0.594. The summed E-state index contributed by atoms with van der Waals surface area (Å²) in [6.45, 7) is 5.71. The number of halogens is 5. The van der Waals surface area contributed by atoms with E-state index in [1.807, 2.05) is 24.9 Å². The molecule has 3 aromatic heterocycles. The number of rotatable bonds is 6. The number of piperazine rings is 1. The molecule has 0 N–H and O–H groups in total. The molecule has 0 spiro atoms. The SMILES string of the molecule is Cc1nc(C(=O)Cl)c(-c2ccc(F)cc2)s1.Cc1nc(C(=O)N2CCN(C)CC2Cc2cc3c(Cl)cc(Cl)cc3o2)c(-c2ccc(F)cc2)s1. The lowest BCUT2D eigenvalue weighted by molar-refractivity contribution is 0.0489. The lowest BCUT2D eigenvalue weighted by Crippen LogP contribution is -2.55. The van der Waals surface area contributed by atoms with Crippen LogP contribution in [0.4, 0.5) is 8.78 Å². The zero-order valence-electron chi connectivity index (χ0n) is 27.0. The molecule has 7 nitrogen and oxygen atoms in total. The molecule has 1 amide bonds. The maximum absolute atomic E-state index is 13.8. The highest BCUT2D eigenvalue weighted by Gasteiger charge is 2.33. The molecule has 3 aromatic carbocycles. The van der Waals surface area contributed by atoms with E-state index in [9.17, 15) is 18.4 Å². The number of amides is 1. The molecule has 258 valence electrons. The van der Waals surface area contributed by atoms with Gasteiger partial charge in [-0.25, -0.2) is 18.7 Å². The van der Waals surface area contributed by atoms with E-state index in [4.69, 9.17) is 39.2 Å². The normalized spacial score (nSPS) is 14.9. The quantitative estimate of drug-likeness (QED) is 0.157. The van der Waals surface area contributed by atoms with Crippen LogP contribution in [0.25, 0.3) is 31.9 Å². The molecular weight excluding hydrogens is 745 g/mol. The van der Waals surface area contributed by atoms with Crippen LogP contribution in [0.15, 0.2) is 71.1 Å². The number of nitrogens with zero attached hydrogens (tertiary/aromatic N) is 4. The van der Waals surface area contributed by atoms with Gasteiger partial charge in [-0.3, -0.25) is 9.59 Å². The summed E-state index contributed by atoms with van der Waals surface area (Å²) < 4.78 is 32.3. The maximum atomic E-state index is 13.8. The van der Waals surface area contributed by atoms with Crippen LogP contribution in [0.1, 0.15) is 36.8 Å². The van der Waals surface area contributed by atoms with Crippen molar-refractivity contribution in [2.75, 3.05) is 26.7 Å². The molecule has 1 aliphatic rings. The van der Waals surface area contributed by atoms with Crippen LogP contribution in [0.2, 0.25) is 10.0 Å². The number of carbonyl (C=O) groups excluding carboxylic acids is 2. The van der Waals surface area contributed by atoms with Crippen molar-refractivity contribution in [3.8, 4) is 20.9 Å². The molecule has 14 heteroatoms. The van der Waals surface area contributed by atoms with Crippen molar-refractivity contribution in [1.82, 2.24) is 19.8 Å². The van der Waals surface area contributed by atoms with E-state index in [0.29, 0.717) is 45.7 Å². The molecular formula is C36H29Cl3F2N4O3S2. The maximum Gasteiger partial charge on any atom is 0.274 e. The van der Waals surface area contributed by atoms with Crippen molar-refractivity contribution in [2.45, 2.75) is 26.3 Å². The van der Waals surface area contributed by atoms with Crippen LogP contribution in [-0.2, 0) is 6.42 Å². The first-order valence-electron chi connectivity index (χ1n) is 15.4. The fraction of sp³-hybridized carbons (Fsp3) is 0.222. The summed E-state index contributed by atoms with van der Waals surface area (Å²) >= 11 is 20.7. The van der Waals surface area contributed by atoms with E-state index in [1.165, 1.54) is 46.9 Å². The fourth-order valence-electron chi connectivity index (χ4n) is 5.77. The first-order valence-corrected chi connectivity index (χ1v) is 18.2. The van der Waals surface area contributed by atoms with Gasteiger partial charge in [-0.15, -0.1) is 22.7 Å². The first-order chi connectivity index (χ1) is 23.9. The Balaban J connectivity index is 0.000000226. The van der Waals surface area contributed by atoms with Crippen molar-refractivity contribution in [2.24, 2.45) is 0 Å². The number of thiazole rings is 2. The van der Waals surface area contributed by atoms with Gasteiger partial charge in [0.25, 0.3) is 11.1 Å². The highest BCUT2D eigenvalue weighted by atomic mass is 35.5. The molecule has 1 atom stereocenters. The highest BCUT2D eigenvalue weighted by Crippen LogP contribution is 2.34. The van der Waals surface area contributed by atoms with Gasteiger partial charge in [0.15, 0.2) is 0 Å². The average molecular weight is 774 g/mol. The van der Waals surface area contributed by atoms with Gasteiger partial charge < -0.3 is 14.2 Å². The van der Waals surface area contributed by atoms with Gasteiger partial charge in [0.05, 0.1) is 30.8 Å². The largest absolute Gasteiger partial charge is 0.461 e. The molecule has 50 heavy (non-hydrogen) atoms. The Morgan fingerprint density at radius 3 is 2.00 bits per heavy atom. The van der Waals surface area contributed by atoms with E-state index in [1.54, 1.807) is 43.3 Å². The van der Waals surface area contributed by atoms with Gasteiger partial charge in [0, 0.05) is 42.5 Å². The molecule has 4 heterocycles. The molecule has 6 aromatic rings. The standard InChI is InChI=1S/C25H22Cl2FN3O2S.C11H7ClFNOS/c1-14-29-23(24(34-14)15-3-5-17(28)6-4-15)25(32)31-8-7-30(2)13-18(31)11-19-12-20-21(27)9-16(26)10-22(20)33-19;1-6-14-9(11(12)15)10(16-6)7-2-4-8(13)5-3-7/h3-6,9-10,12,18H,7-8,11,13H2,1-2H3;2-5H,1H3. The van der Waals surface area contributed by atoms with Crippen molar-refractivity contribution in [1.29, 1.82) is 0 Å². The summed E-state index contributed by atoms with van der Waals surface area (Å²) in [6.07, 6.45) is 0.535. The van der Waals surface area contributed by atoms with Gasteiger partial charge in [0.1, 0.15) is 34.4 Å². The molecule has 1 fully saturated rings. The lowest BCUT2D eigenvalue weighted by Gasteiger charge is -2.39. The van der Waals surface area contributed by atoms with Crippen molar-refractivity contribution in [3.63, 3.8) is 0 Å².